The number of aliphatic imine (C=N–C) groups is 1. The Balaban J connectivity index is 2.49. The molecule has 0 saturated heterocycles. The third-order valence-electron chi connectivity index (χ3n) is 2.87. The molecule has 0 radical (unpaired) electrons. The minimum Gasteiger partial charge on any atom is -0.386 e. The second kappa shape index (κ2) is 2.22. The molecule has 2 aliphatic rings. The summed E-state index contributed by atoms with van der Waals surface area (Å²) in [6.45, 7) is 0.343. The van der Waals surface area contributed by atoms with Crippen molar-refractivity contribution in [2.24, 2.45) is 10.7 Å². The molecule has 0 unspecified atom stereocenters. The molecule has 0 aromatic rings. The molecule has 0 aromatic carbocycles. The first-order chi connectivity index (χ1) is 5.58. The Morgan fingerprint density at radius 3 is 2.42 bits per heavy atom. The maximum atomic E-state index is 11.6. The van der Waals surface area contributed by atoms with Crippen molar-refractivity contribution in [2.45, 2.75) is 24.0 Å². The summed E-state index contributed by atoms with van der Waals surface area (Å²) in [5.74, 6) is 0.522. The lowest BCUT2D eigenvalue weighted by Gasteiger charge is -2.42. The molecule has 1 fully saturated rings. The van der Waals surface area contributed by atoms with Crippen LogP contribution in [0, 0.1) is 0 Å². The maximum Gasteiger partial charge on any atom is 0.165 e. The Labute approximate surface area is 71.8 Å². The molecule has 1 spiro atoms. The summed E-state index contributed by atoms with van der Waals surface area (Å²) in [7, 11) is -2.99. The van der Waals surface area contributed by atoms with Gasteiger partial charge >= 0.3 is 0 Å². The van der Waals surface area contributed by atoms with Gasteiger partial charge < -0.3 is 5.73 Å². The summed E-state index contributed by atoms with van der Waals surface area (Å²) in [5, 5.41) is 0. The SMILES string of the molecule is NC1=NCCS(=O)(=O)C12CCC2. The Bertz CT molecular complexity index is 327. The molecule has 68 valence electrons. The van der Waals surface area contributed by atoms with Crippen LogP contribution in [0.2, 0.25) is 0 Å². The summed E-state index contributed by atoms with van der Waals surface area (Å²) in [4.78, 5) is 4.02. The highest BCUT2D eigenvalue weighted by atomic mass is 32.2. The summed E-state index contributed by atoms with van der Waals surface area (Å²) >= 11 is 0. The Morgan fingerprint density at radius 1 is 1.42 bits per heavy atom. The molecule has 0 bridgehead atoms. The molecule has 0 amide bonds. The highest BCUT2D eigenvalue weighted by Gasteiger charge is 2.53. The fourth-order valence-electron chi connectivity index (χ4n) is 1.85. The number of sulfone groups is 1. The highest BCUT2D eigenvalue weighted by molar-refractivity contribution is 7.93. The lowest BCUT2D eigenvalue weighted by Crippen LogP contribution is -2.58. The molecule has 5 heteroatoms. The van der Waals surface area contributed by atoms with Crippen LogP contribution in [0.3, 0.4) is 0 Å². The van der Waals surface area contributed by atoms with Crippen LogP contribution in [0.15, 0.2) is 4.99 Å². The second-order valence-corrected chi connectivity index (χ2v) is 5.85. The van der Waals surface area contributed by atoms with Crippen LogP contribution < -0.4 is 5.73 Å². The third-order valence-corrected chi connectivity index (χ3v) is 5.39. The summed E-state index contributed by atoms with van der Waals surface area (Å²) in [5.41, 5.74) is 5.62. The van der Waals surface area contributed by atoms with Crippen LogP contribution >= 0.6 is 0 Å². The largest absolute Gasteiger partial charge is 0.386 e. The molecule has 1 aliphatic heterocycles. The first kappa shape index (κ1) is 8.04. The van der Waals surface area contributed by atoms with E-state index < -0.39 is 14.6 Å². The zero-order valence-corrected chi connectivity index (χ0v) is 7.60. The lowest BCUT2D eigenvalue weighted by atomic mass is 9.83. The fraction of sp³-hybridized carbons (Fsp3) is 0.857. The number of rotatable bonds is 0. The van der Waals surface area contributed by atoms with Gasteiger partial charge in [0.05, 0.1) is 12.3 Å². The Morgan fingerprint density at radius 2 is 2.08 bits per heavy atom. The van der Waals surface area contributed by atoms with Gasteiger partial charge in [-0.25, -0.2) is 8.42 Å². The van der Waals surface area contributed by atoms with Crippen molar-refractivity contribution in [3.63, 3.8) is 0 Å². The van der Waals surface area contributed by atoms with Crippen molar-refractivity contribution in [1.29, 1.82) is 0 Å². The predicted octanol–water partition coefficient (Wildman–Crippen LogP) is -0.305. The zero-order chi connectivity index (χ0) is 8.82. The number of hydrogen-bond donors (Lipinski definition) is 1. The van der Waals surface area contributed by atoms with Crippen LogP contribution in [0.4, 0.5) is 0 Å². The van der Waals surface area contributed by atoms with E-state index in [0.717, 1.165) is 6.42 Å². The molecular weight excluding hydrogens is 176 g/mol. The second-order valence-electron chi connectivity index (χ2n) is 3.43. The first-order valence-electron chi connectivity index (χ1n) is 4.11. The average molecular weight is 188 g/mol. The van der Waals surface area contributed by atoms with E-state index in [9.17, 15) is 8.42 Å². The van der Waals surface area contributed by atoms with Gasteiger partial charge in [-0.3, -0.25) is 4.99 Å². The third kappa shape index (κ3) is 0.772. The normalized spacial score (nSPS) is 30.8. The molecule has 0 atom stereocenters. The number of amidine groups is 1. The smallest absolute Gasteiger partial charge is 0.165 e. The van der Waals surface area contributed by atoms with Crippen LogP contribution in [0.25, 0.3) is 0 Å². The molecular formula is C7H12N2O2S. The van der Waals surface area contributed by atoms with E-state index in [1.807, 2.05) is 0 Å². The van der Waals surface area contributed by atoms with Gasteiger partial charge in [0.1, 0.15) is 10.6 Å². The fourth-order valence-corrected chi connectivity index (χ4v) is 3.87. The van der Waals surface area contributed by atoms with Gasteiger partial charge in [0.2, 0.25) is 0 Å². The van der Waals surface area contributed by atoms with Gasteiger partial charge in [0, 0.05) is 0 Å². The number of hydrogen-bond acceptors (Lipinski definition) is 4. The summed E-state index contributed by atoms with van der Waals surface area (Å²) in [6.07, 6.45) is 2.30. The van der Waals surface area contributed by atoms with Crippen molar-refractivity contribution in [2.75, 3.05) is 12.3 Å². The molecule has 4 nitrogen and oxygen atoms in total. The van der Waals surface area contributed by atoms with Gasteiger partial charge in [-0.2, -0.15) is 0 Å². The molecule has 1 aliphatic carbocycles. The van der Waals surface area contributed by atoms with E-state index in [2.05, 4.69) is 4.99 Å². The quantitative estimate of drug-likeness (QED) is 0.567. The maximum absolute atomic E-state index is 11.6. The van der Waals surface area contributed by atoms with Gasteiger partial charge in [-0.15, -0.1) is 0 Å². The zero-order valence-electron chi connectivity index (χ0n) is 6.78. The van der Waals surface area contributed by atoms with Crippen molar-refractivity contribution in [3.8, 4) is 0 Å². The Hall–Kier alpha value is -0.580. The number of nitrogens with two attached hydrogens (primary N) is 1. The van der Waals surface area contributed by atoms with Gasteiger partial charge in [-0.1, -0.05) is 0 Å². The average Bonchev–Trinajstić information content (AvgIpc) is 1.80. The number of nitrogens with zero attached hydrogens (tertiary/aromatic N) is 1. The molecule has 2 rings (SSSR count). The monoisotopic (exact) mass is 188 g/mol. The standard InChI is InChI=1S/C7H12N2O2S/c8-6-7(2-1-3-7)12(10,11)5-4-9-6/h1-5H2,(H2,8,9). The Kier molecular flexibility index (Phi) is 1.49. The van der Waals surface area contributed by atoms with Gasteiger partial charge in [-0.05, 0) is 19.3 Å². The predicted molar refractivity (Wildman–Crippen MR) is 46.9 cm³/mol. The van der Waals surface area contributed by atoms with Crippen LogP contribution in [0.5, 0.6) is 0 Å². The molecule has 12 heavy (non-hydrogen) atoms. The minimum atomic E-state index is -2.99. The first-order valence-corrected chi connectivity index (χ1v) is 5.76. The van der Waals surface area contributed by atoms with E-state index in [1.54, 1.807) is 0 Å². The van der Waals surface area contributed by atoms with Crippen molar-refractivity contribution < 1.29 is 8.42 Å². The van der Waals surface area contributed by atoms with E-state index >= 15 is 0 Å². The van der Waals surface area contributed by atoms with E-state index in [-0.39, 0.29) is 5.75 Å². The van der Waals surface area contributed by atoms with Gasteiger partial charge in [0.15, 0.2) is 9.84 Å². The summed E-state index contributed by atoms with van der Waals surface area (Å²) < 4.78 is 22.5. The van der Waals surface area contributed by atoms with E-state index in [4.69, 9.17) is 5.73 Å². The van der Waals surface area contributed by atoms with Crippen molar-refractivity contribution >= 4 is 15.7 Å². The van der Waals surface area contributed by atoms with Crippen molar-refractivity contribution in [1.82, 2.24) is 0 Å². The van der Waals surface area contributed by atoms with Crippen LogP contribution in [-0.4, -0.2) is 31.3 Å². The summed E-state index contributed by atoms with van der Waals surface area (Å²) in [6, 6.07) is 0. The van der Waals surface area contributed by atoms with Crippen molar-refractivity contribution in [3.05, 3.63) is 0 Å². The molecule has 1 heterocycles. The molecule has 2 N–H and O–H groups in total. The highest BCUT2D eigenvalue weighted by Crippen LogP contribution is 2.41. The van der Waals surface area contributed by atoms with Crippen LogP contribution in [0.1, 0.15) is 19.3 Å². The van der Waals surface area contributed by atoms with Gasteiger partial charge in [0.25, 0.3) is 0 Å². The van der Waals surface area contributed by atoms with E-state index in [1.165, 1.54) is 0 Å². The minimum absolute atomic E-state index is 0.174. The molecule has 1 saturated carbocycles. The lowest BCUT2D eigenvalue weighted by molar-refractivity contribution is 0.413. The van der Waals surface area contributed by atoms with Crippen LogP contribution in [-0.2, 0) is 9.84 Å². The molecule has 0 aromatic heterocycles. The van der Waals surface area contributed by atoms with E-state index in [0.29, 0.717) is 25.2 Å². The topological polar surface area (TPSA) is 72.5 Å².